The van der Waals surface area contributed by atoms with Crippen LogP contribution < -0.4 is 5.56 Å². The van der Waals surface area contributed by atoms with Gasteiger partial charge in [0.25, 0.3) is 10.8 Å². The molecule has 0 bridgehead atoms. The number of hydrogen-bond donors (Lipinski definition) is 1. The van der Waals surface area contributed by atoms with Gasteiger partial charge in [0.05, 0.1) is 16.9 Å². The molecule has 0 amide bonds. The van der Waals surface area contributed by atoms with Crippen LogP contribution in [0.3, 0.4) is 0 Å². The Hall–Kier alpha value is -3.17. The number of nitrogens with one attached hydrogen (secondary N) is 1. The zero-order valence-electron chi connectivity index (χ0n) is 15.2. The minimum Gasteiger partial charge on any atom is -0.464 e. The van der Waals surface area contributed by atoms with Gasteiger partial charge in [-0.2, -0.15) is 0 Å². The van der Waals surface area contributed by atoms with E-state index in [0.717, 1.165) is 11.1 Å². The molecule has 0 radical (unpaired) electrons. The fraction of sp³-hybridized carbons (Fsp3) is 0.100. The van der Waals surface area contributed by atoms with Crippen LogP contribution in [-0.2, 0) is 0 Å². The third kappa shape index (κ3) is 3.39. The highest BCUT2D eigenvalue weighted by atomic mass is 32.2. The smallest absolute Gasteiger partial charge is 0.277 e. The molecule has 9 heteroatoms. The summed E-state index contributed by atoms with van der Waals surface area (Å²) in [6.07, 6.45) is 1.58. The summed E-state index contributed by atoms with van der Waals surface area (Å²) < 4.78 is 11.2. The van der Waals surface area contributed by atoms with Gasteiger partial charge in [0, 0.05) is 16.5 Å². The monoisotopic (exact) mass is 422 g/mol. The minimum atomic E-state index is -0.194. The molecule has 1 atom stereocenters. The number of H-pyrrole nitrogens is 1. The van der Waals surface area contributed by atoms with Crippen LogP contribution in [0.4, 0.5) is 0 Å². The van der Waals surface area contributed by atoms with Crippen LogP contribution in [0.25, 0.3) is 33.0 Å². The number of hydrogen-bond acceptors (Lipinski definition) is 8. The Bertz CT molecular complexity index is 1320. The lowest BCUT2D eigenvalue weighted by atomic mass is 10.2. The van der Waals surface area contributed by atoms with E-state index in [1.165, 1.54) is 23.1 Å². The van der Waals surface area contributed by atoms with E-state index in [1.54, 1.807) is 12.3 Å². The molecule has 0 fully saturated rings. The molecule has 5 aromatic rings. The van der Waals surface area contributed by atoms with Crippen molar-refractivity contribution < 1.29 is 8.83 Å². The first-order chi connectivity index (χ1) is 14.2. The average Bonchev–Trinajstić information content (AvgIpc) is 3.49. The van der Waals surface area contributed by atoms with Crippen molar-refractivity contribution in [2.45, 2.75) is 17.4 Å². The summed E-state index contributed by atoms with van der Waals surface area (Å²) >= 11 is 2.76. The molecule has 1 N–H and O–H groups in total. The first-order valence-corrected chi connectivity index (χ1v) is 10.6. The Labute approximate surface area is 172 Å². The molecule has 0 aliphatic rings. The van der Waals surface area contributed by atoms with E-state index in [9.17, 15) is 4.79 Å². The van der Waals surface area contributed by atoms with Gasteiger partial charge in [-0.25, -0.2) is 4.98 Å². The summed E-state index contributed by atoms with van der Waals surface area (Å²) in [6.45, 7) is 1.93. The van der Waals surface area contributed by atoms with E-state index < -0.39 is 0 Å². The van der Waals surface area contributed by atoms with E-state index >= 15 is 0 Å². The Morgan fingerprint density at radius 3 is 2.79 bits per heavy atom. The summed E-state index contributed by atoms with van der Waals surface area (Å²) in [4.78, 5) is 20.9. The van der Waals surface area contributed by atoms with Crippen LogP contribution in [0.2, 0.25) is 0 Å². The van der Waals surface area contributed by atoms with Crippen molar-refractivity contribution >= 4 is 33.3 Å². The average molecular weight is 422 g/mol. The predicted octanol–water partition coefficient (Wildman–Crippen LogP) is 5.15. The van der Waals surface area contributed by atoms with E-state index in [4.69, 9.17) is 8.83 Å². The number of nitrogens with zero attached hydrogens (tertiary/aromatic N) is 3. The topological polar surface area (TPSA) is 97.8 Å². The van der Waals surface area contributed by atoms with E-state index in [-0.39, 0.29) is 10.8 Å². The normalized spacial score (nSPS) is 12.4. The number of aromatic nitrogens is 4. The van der Waals surface area contributed by atoms with Crippen molar-refractivity contribution in [3.63, 3.8) is 0 Å². The first kappa shape index (κ1) is 17.9. The number of rotatable bonds is 5. The van der Waals surface area contributed by atoms with Gasteiger partial charge in [-0.15, -0.1) is 21.5 Å². The van der Waals surface area contributed by atoms with E-state index in [0.29, 0.717) is 32.9 Å². The Balaban J connectivity index is 1.42. The molecule has 5 rings (SSSR count). The largest absolute Gasteiger partial charge is 0.464 e. The summed E-state index contributed by atoms with van der Waals surface area (Å²) in [7, 11) is 0. The minimum absolute atomic E-state index is 0.176. The standard InChI is InChI=1S/C20H14N4O3S2/c1-11(29-20-24-23-18(27-20)12-6-3-2-4-7-12)16-21-17(25)15-13(10-28-19(15)22-16)14-8-5-9-26-14/h2-11H,1H3,(H,21,22,25). The first-order valence-electron chi connectivity index (χ1n) is 8.80. The van der Waals surface area contributed by atoms with Crippen molar-refractivity contribution in [2.24, 2.45) is 0 Å². The second kappa shape index (κ2) is 7.34. The van der Waals surface area contributed by atoms with Crippen molar-refractivity contribution in [3.8, 4) is 22.8 Å². The predicted molar refractivity (Wildman–Crippen MR) is 112 cm³/mol. The summed E-state index contributed by atoms with van der Waals surface area (Å²) in [5.41, 5.74) is 1.41. The van der Waals surface area contributed by atoms with E-state index in [2.05, 4.69) is 20.2 Å². The van der Waals surface area contributed by atoms with Gasteiger partial charge in [-0.3, -0.25) is 4.79 Å². The maximum Gasteiger partial charge on any atom is 0.277 e. The van der Waals surface area contributed by atoms with Crippen molar-refractivity contribution in [3.05, 3.63) is 70.3 Å². The molecule has 0 aliphatic heterocycles. The molecule has 1 aromatic carbocycles. The molecule has 0 spiro atoms. The lowest BCUT2D eigenvalue weighted by Crippen LogP contribution is -2.12. The maximum absolute atomic E-state index is 12.7. The van der Waals surface area contributed by atoms with E-state index in [1.807, 2.05) is 48.7 Å². The maximum atomic E-state index is 12.7. The second-order valence-corrected chi connectivity index (χ2v) is 8.41. The molecular weight excluding hydrogens is 408 g/mol. The second-order valence-electron chi connectivity index (χ2n) is 6.26. The van der Waals surface area contributed by atoms with Crippen LogP contribution in [-0.4, -0.2) is 20.2 Å². The number of thiophene rings is 1. The summed E-state index contributed by atoms with van der Waals surface area (Å²) in [5.74, 6) is 1.66. The molecule has 7 nitrogen and oxygen atoms in total. The molecular formula is C20H14N4O3S2. The van der Waals surface area contributed by atoms with Crippen LogP contribution in [0.1, 0.15) is 18.0 Å². The molecule has 29 heavy (non-hydrogen) atoms. The highest BCUT2D eigenvalue weighted by molar-refractivity contribution is 7.99. The molecule has 0 aliphatic carbocycles. The number of fused-ring (bicyclic) bond motifs is 1. The fourth-order valence-corrected chi connectivity index (χ4v) is 4.61. The van der Waals surface area contributed by atoms with Crippen molar-refractivity contribution in [1.29, 1.82) is 0 Å². The van der Waals surface area contributed by atoms with Gasteiger partial charge < -0.3 is 13.8 Å². The quantitative estimate of drug-likeness (QED) is 0.391. The number of furan rings is 1. The van der Waals surface area contributed by atoms with Gasteiger partial charge in [0.1, 0.15) is 16.4 Å². The van der Waals surface area contributed by atoms with Crippen LogP contribution in [0, 0.1) is 0 Å². The zero-order valence-corrected chi connectivity index (χ0v) is 16.8. The van der Waals surface area contributed by atoms with Crippen LogP contribution in [0.5, 0.6) is 0 Å². The van der Waals surface area contributed by atoms with Crippen molar-refractivity contribution in [1.82, 2.24) is 20.2 Å². The van der Waals surface area contributed by atoms with Gasteiger partial charge in [0.15, 0.2) is 0 Å². The zero-order chi connectivity index (χ0) is 19.8. The van der Waals surface area contributed by atoms with Gasteiger partial charge in [0.2, 0.25) is 5.89 Å². The molecule has 0 saturated carbocycles. The third-order valence-corrected chi connectivity index (χ3v) is 6.15. The fourth-order valence-electron chi connectivity index (χ4n) is 2.93. The Morgan fingerprint density at radius 2 is 2.00 bits per heavy atom. The molecule has 4 aromatic heterocycles. The lowest BCUT2D eigenvalue weighted by Gasteiger charge is -2.07. The van der Waals surface area contributed by atoms with Gasteiger partial charge in [-0.05, 0) is 31.2 Å². The summed E-state index contributed by atoms with van der Waals surface area (Å²) in [6, 6.07) is 13.2. The highest BCUT2D eigenvalue weighted by Crippen LogP contribution is 2.35. The number of thioether (sulfide) groups is 1. The molecule has 4 heterocycles. The molecule has 1 unspecified atom stereocenters. The SMILES string of the molecule is CC(Sc1nnc(-c2ccccc2)o1)c1nc2scc(-c3ccco3)c2c(=O)[nH]1. The van der Waals surface area contributed by atoms with Gasteiger partial charge in [-0.1, -0.05) is 30.0 Å². The van der Waals surface area contributed by atoms with Crippen LogP contribution >= 0.6 is 23.1 Å². The molecule has 0 saturated heterocycles. The third-order valence-electron chi connectivity index (χ3n) is 4.34. The number of benzene rings is 1. The Morgan fingerprint density at radius 1 is 1.14 bits per heavy atom. The summed E-state index contributed by atoms with van der Waals surface area (Å²) in [5, 5.41) is 10.9. The Kier molecular flexibility index (Phi) is 4.53. The van der Waals surface area contributed by atoms with Crippen molar-refractivity contribution in [2.75, 3.05) is 0 Å². The number of aromatic amines is 1. The van der Waals surface area contributed by atoms with Gasteiger partial charge >= 0.3 is 0 Å². The highest BCUT2D eigenvalue weighted by Gasteiger charge is 2.19. The molecule has 144 valence electrons. The lowest BCUT2D eigenvalue weighted by molar-refractivity contribution is 0.465. The van der Waals surface area contributed by atoms with Crippen LogP contribution in [0.15, 0.2) is 73.0 Å².